The van der Waals surface area contributed by atoms with E-state index in [-0.39, 0.29) is 11.2 Å². The van der Waals surface area contributed by atoms with Gasteiger partial charge in [0.2, 0.25) is 5.91 Å². The number of aliphatic carboxylic acids is 2. The van der Waals surface area contributed by atoms with E-state index in [2.05, 4.69) is 5.32 Å². The van der Waals surface area contributed by atoms with Gasteiger partial charge < -0.3 is 20.8 Å². The molecule has 8 nitrogen and oxygen atoms in total. The lowest BCUT2D eigenvalue weighted by atomic mass is 10.1. The normalized spacial score (nSPS) is 20.7. The maximum absolute atomic E-state index is 13.0. The number of unbranched alkanes of at least 4 members (excludes halogenated alkanes) is 4. The summed E-state index contributed by atoms with van der Waals surface area (Å²) < 4.78 is 0. The number of carbonyl (C=O) groups is 3. The highest BCUT2D eigenvalue weighted by atomic mass is 32.2. The van der Waals surface area contributed by atoms with Gasteiger partial charge in [-0.15, -0.1) is 11.8 Å². The molecule has 0 spiro atoms. The maximum atomic E-state index is 13.0. The molecule has 5 N–H and O–H groups in total. The minimum Gasteiger partial charge on any atom is -0.480 e. The number of hydrogen-bond donors (Lipinski definition) is 4. The predicted octanol–water partition coefficient (Wildman–Crippen LogP) is 2.16. The van der Waals surface area contributed by atoms with Crippen LogP contribution in [-0.2, 0) is 14.4 Å². The number of amides is 1. The fourth-order valence-corrected chi connectivity index (χ4v) is 5.56. The molecule has 0 saturated carbocycles. The van der Waals surface area contributed by atoms with Crippen molar-refractivity contribution in [2.45, 2.75) is 55.9 Å². The second-order valence-electron chi connectivity index (χ2n) is 7.45. The number of thioether (sulfide) groups is 1. The van der Waals surface area contributed by atoms with Crippen LogP contribution in [0.2, 0.25) is 0 Å². The Balaban J connectivity index is 2.00. The molecule has 168 valence electrons. The first-order valence-corrected chi connectivity index (χ1v) is 12.2. The minimum absolute atomic E-state index is 0.0304. The molecule has 0 radical (unpaired) electrons. The van der Waals surface area contributed by atoms with Crippen LogP contribution in [0.3, 0.4) is 0 Å². The second-order valence-corrected chi connectivity index (χ2v) is 9.46. The van der Waals surface area contributed by atoms with Gasteiger partial charge in [-0.2, -0.15) is 11.3 Å². The molecule has 1 aromatic heterocycles. The molecule has 10 heteroatoms. The highest BCUT2D eigenvalue weighted by Gasteiger charge is 2.35. The van der Waals surface area contributed by atoms with Crippen molar-refractivity contribution in [2.24, 2.45) is 5.73 Å². The van der Waals surface area contributed by atoms with Crippen LogP contribution in [0.15, 0.2) is 16.8 Å². The molecule has 1 saturated heterocycles. The summed E-state index contributed by atoms with van der Waals surface area (Å²) in [7, 11) is 0. The molecule has 1 fully saturated rings. The molecule has 1 aliphatic heterocycles. The molecule has 3 unspecified atom stereocenters. The van der Waals surface area contributed by atoms with Gasteiger partial charge in [-0.05, 0) is 41.8 Å². The fraction of sp³-hybridized carbons (Fsp3) is 0.650. The Bertz CT molecular complexity index is 686. The van der Waals surface area contributed by atoms with Gasteiger partial charge in [-0.25, -0.2) is 0 Å². The zero-order valence-corrected chi connectivity index (χ0v) is 18.6. The molecule has 2 heterocycles. The number of nitrogens with zero attached hydrogens (tertiary/aromatic N) is 1. The topological polar surface area (TPSA) is 133 Å². The summed E-state index contributed by atoms with van der Waals surface area (Å²) in [6.07, 6.45) is 5.12. The zero-order chi connectivity index (χ0) is 21.9. The summed E-state index contributed by atoms with van der Waals surface area (Å²) >= 11 is 3.11. The third kappa shape index (κ3) is 7.90. The molecule has 1 aromatic rings. The summed E-state index contributed by atoms with van der Waals surface area (Å²) in [5.74, 6) is -2.02. The van der Waals surface area contributed by atoms with E-state index < -0.39 is 30.6 Å². The molecule has 3 atom stereocenters. The van der Waals surface area contributed by atoms with Gasteiger partial charge in [0.1, 0.15) is 12.6 Å². The van der Waals surface area contributed by atoms with E-state index in [4.69, 9.17) is 5.73 Å². The van der Waals surface area contributed by atoms with Gasteiger partial charge in [0.05, 0.1) is 6.04 Å². The third-order valence-corrected chi connectivity index (χ3v) is 7.15. The van der Waals surface area contributed by atoms with E-state index in [1.165, 1.54) is 4.90 Å². The molecule has 30 heavy (non-hydrogen) atoms. The van der Waals surface area contributed by atoms with Gasteiger partial charge in [0.25, 0.3) is 0 Å². The largest absolute Gasteiger partial charge is 0.480 e. The SMILES string of the molecule is NCCCCCCCC(NC1CSC(c2ccsc2)CN(CC(=O)O)C1=O)C(=O)O. The number of nitrogens with one attached hydrogen (secondary N) is 1. The highest BCUT2D eigenvalue weighted by Crippen LogP contribution is 2.34. The van der Waals surface area contributed by atoms with Crippen LogP contribution in [0.25, 0.3) is 0 Å². The van der Waals surface area contributed by atoms with Crippen LogP contribution in [-0.4, -0.2) is 70.4 Å². The van der Waals surface area contributed by atoms with Crippen molar-refractivity contribution in [2.75, 3.05) is 25.4 Å². The lowest BCUT2D eigenvalue weighted by Crippen LogP contribution is -2.53. The predicted molar refractivity (Wildman–Crippen MR) is 119 cm³/mol. The van der Waals surface area contributed by atoms with Crippen LogP contribution < -0.4 is 11.1 Å². The standard InChI is InChI=1S/C20H31N3O5S2/c21-8-5-3-1-2-4-6-15(20(27)28)22-16-13-30-17(14-7-9-29-12-14)10-23(19(16)26)11-18(24)25/h7,9,12,15-17,22H,1-6,8,10-11,13,21H2,(H,24,25)(H,27,28). The molecule has 0 bridgehead atoms. The van der Waals surface area contributed by atoms with Crippen molar-refractivity contribution in [1.29, 1.82) is 0 Å². The third-order valence-electron chi connectivity index (χ3n) is 5.10. The van der Waals surface area contributed by atoms with Gasteiger partial charge in [-0.3, -0.25) is 19.7 Å². The van der Waals surface area contributed by atoms with Gasteiger partial charge in [0.15, 0.2) is 0 Å². The number of hydrogen-bond acceptors (Lipinski definition) is 7. The first-order valence-electron chi connectivity index (χ1n) is 10.3. The van der Waals surface area contributed by atoms with E-state index in [1.807, 2.05) is 16.8 Å². The number of carboxylic acids is 2. The monoisotopic (exact) mass is 457 g/mol. The molecule has 1 amide bonds. The lowest BCUT2D eigenvalue weighted by Gasteiger charge is -2.26. The van der Waals surface area contributed by atoms with Crippen LogP contribution in [0, 0.1) is 0 Å². The zero-order valence-electron chi connectivity index (χ0n) is 17.0. The Hall–Kier alpha value is -1.62. The Labute approximate surface area is 185 Å². The Morgan fingerprint density at radius 1 is 1.23 bits per heavy atom. The van der Waals surface area contributed by atoms with Crippen molar-refractivity contribution in [3.63, 3.8) is 0 Å². The molecular weight excluding hydrogens is 426 g/mol. The quantitative estimate of drug-likeness (QED) is 0.331. The van der Waals surface area contributed by atoms with Crippen LogP contribution >= 0.6 is 23.1 Å². The Kier molecular flexibility index (Phi) is 10.6. The molecule has 0 aliphatic carbocycles. The number of carboxylic acid groups (broad SMARTS) is 2. The molecule has 1 aliphatic rings. The van der Waals surface area contributed by atoms with E-state index in [9.17, 15) is 24.6 Å². The van der Waals surface area contributed by atoms with Crippen molar-refractivity contribution in [3.05, 3.63) is 22.4 Å². The van der Waals surface area contributed by atoms with E-state index in [1.54, 1.807) is 23.1 Å². The van der Waals surface area contributed by atoms with Crippen LogP contribution in [0.4, 0.5) is 0 Å². The van der Waals surface area contributed by atoms with Crippen molar-refractivity contribution in [3.8, 4) is 0 Å². The number of rotatable bonds is 13. The molecular formula is C20H31N3O5S2. The Morgan fingerprint density at radius 2 is 1.97 bits per heavy atom. The Morgan fingerprint density at radius 3 is 2.60 bits per heavy atom. The van der Waals surface area contributed by atoms with Crippen LogP contribution in [0.1, 0.15) is 49.3 Å². The lowest BCUT2D eigenvalue weighted by molar-refractivity contribution is -0.146. The first-order chi connectivity index (χ1) is 14.4. The number of carbonyl (C=O) groups excluding carboxylic acids is 1. The maximum Gasteiger partial charge on any atom is 0.323 e. The van der Waals surface area contributed by atoms with E-state index in [0.29, 0.717) is 25.3 Å². The van der Waals surface area contributed by atoms with Crippen LogP contribution in [0.5, 0.6) is 0 Å². The summed E-state index contributed by atoms with van der Waals surface area (Å²) in [5, 5.41) is 25.8. The van der Waals surface area contributed by atoms with Crippen molar-refractivity contribution >= 4 is 40.9 Å². The number of nitrogens with two attached hydrogens (primary N) is 1. The average molecular weight is 458 g/mol. The minimum atomic E-state index is -1.08. The number of thiophene rings is 1. The molecule has 2 rings (SSSR count). The summed E-state index contributed by atoms with van der Waals surface area (Å²) in [5.41, 5.74) is 6.54. The van der Waals surface area contributed by atoms with Gasteiger partial charge >= 0.3 is 11.9 Å². The van der Waals surface area contributed by atoms with E-state index in [0.717, 1.165) is 37.7 Å². The highest BCUT2D eigenvalue weighted by molar-refractivity contribution is 7.99. The second kappa shape index (κ2) is 12.9. The van der Waals surface area contributed by atoms with E-state index >= 15 is 0 Å². The summed E-state index contributed by atoms with van der Waals surface area (Å²) in [6.45, 7) is 0.570. The molecule has 0 aromatic carbocycles. The van der Waals surface area contributed by atoms with Crippen molar-refractivity contribution < 1.29 is 24.6 Å². The summed E-state index contributed by atoms with van der Waals surface area (Å²) in [4.78, 5) is 37.3. The van der Waals surface area contributed by atoms with Gasteiger partial charge in [0, 0.05) is 17.5 Å². The fourth-order valence-electron chi connectivity index (χ4n) is 3.48. The first kappa shape index (κ1) is 24.6. The van der Waals surface area contributed by atoms with Gasteiger partial charge in [-0.1, -0.05) is 25.7 Å². The van der Waals surface area contributed by atoms with Crippen molar-refractivity contribution in [1.82, 2.24) is 10.2 Å². The average Bonchev–Trinajstić information content (AvgIpc) is 3.19. The summed E-state index contributed by atoms with van der Waals surface area (Å²) in [6, 6.07) is 0.416. The smallest absolute Gasteiger partial charge is 0.323 e.